The van der Waals surface area contributed by atoms with Crippen LogP contribution in [0.2, 0.25) is 0 Å². The number of ether oxygens (including phenoxy) is 1. The van der Waals surface area contributed by atoms with Crippen molar-refractivity contribution in [3.05, 3.63) is 27.1 Å². The van der Waals surface area contributed by atoms with Crippen molar-refractivity contribution in [2.24, 2.45) is 0 Å². The summed E-state index contributed by atoms with van der Waals surface area (Å²) in [5, 5.41) is 0. The molecule has 0 aliphatic rings. The van der Waals surface area contributed by atoms with E-state index < -0.39 is 0 Å². The Morgan fingerprint density at radius 2 is 2.30 bits per heavy atom. The molecule has 1 aromatic rings. The van der Waals surface area contributed by atoms with E-state index in [1.165, 1.54) is 13.3 Å². The SMILES string of the molecule is COc1c[nH]cc(Br)c1=O. The van der Waals surface area contributed by atoms with Gasteiger partial charge in [-0.1, -0.05) is 0 Å². The number of aromatic nitrogens is 1. The molecule has 0 radical (unpaired) electrons. The number of hydrogen-bond donors (Lipinski definition) is 1. The Hall–Kier alpha value is -0.770. The molecule has 1 N–H and O–H groups in total. The minimum absolute atomic E-state index is 0.138. The lowest BCUT2D eigenvalue weighted by molar-refractivity contribution is 0.408. The largest absolute Gasteiger partial charge is 0.491 e. The summed E-state index contributed by atoms with van der Waals surface area (Å²) in [6, 6.07) is 0. The summed E-state index contributed by atoms with van der Waals surface area (Å²) in [5.74, 6) is 0.314. The summed E-state index contributed by atoms with van der Waals surface area (Å²) in [7, 11) is 1.46. The number of H-pyrrole nitrogens is 1. The smallest absolute Gasteiger partial charge is 0.237 e. The highest BCUT2D eigenvalue weighted by Gasteiger charge is 1.99. The minimum atomic E-state index is -0.138. The van der Waals surface area contributed by atoms with Gasteiger partial charge in [-0.2, -0.15) is 0 Å². The van der Waals surface area contributed by atoms with Gasteiger partial charge in [-0.05, 0) is 15.9 Å². The van der Waals surface area contributed by atoms with Crippen LogP contribution >= 0.6 is 15.9 Å². The van der Waals surface area contributed by atoms with Crippen molar-refractivity contribution in [2.75, 3.05) is 7.11 Å². The number of hydrogen-bond acceptors (Lipinski definition) is 2. The second-order valence-corrected chi connectivity index (χ2v) is 2.56. The van der Waals surface area contributed by atoms with Gasteiger partial charge in [-0.25, -0.2) is 0 Å². The van der Waals surface area contributed by atoms with E-state index in [0.717, 1.165) is 0 Å². The van der Waals surface area contributed by atoms with Gasteiger partial charge in [-0.15, -0.1) is 0 Å². The predicted octanol–water partition coefficient (Wildman–Crippen LogP) is 1.15. The van der Waals surface area contributed by atoms with E-state index in [2.05, 4.69) is 20.9 Å². The molecule has 54 valence electrons. The summed E-state index contributed by atoms with van der Waals surface area (Å²) in [6.07, 6.45) is 3.07. The van der Waals surface area contributed by atoms with Gasteiger partial charge in [0.2, 0.25) is 5.43 Å². The summed E-state index contributed by atoms with van der Waals surface area (Å²) >= 11 is 3.06. The topological polar surface area (TPSA) is 42.1 Å². The standard InChI is InChI=1S/C6H6BrNO2/c1-10-5-3-8-2-4(7)6(5)9/h2-3H,1H3,(H,8,9). The first-order valence-electron chi connectivity index (χ1n) is 2.66. The molecule has 0 saturated carbocycles. The monoisotopic (exact) mass is 203 g/mol. The van der Waals surface area contributed by atoms with E-state index in [1.807, 2.05) is 0 Å². The minimum Gasteiger partial charge on any atom is -0.491 e. The normalized spacial score (nSPS) is 9.40. The van der Waals surface area contributed by atoms with E-state index in [-0.39, 0.29) is 5.43 Å². The van der Waals surface area contributed by atoms with E-state index in [1.54, 1.807) is 6.20 Å². The Labute approximate surface area is 66.2 Å². The summed E-state index contributed by atoms with van der Waals surface area (Å²) in [6.45, 7) is 0. The van der Waals surface area contributed by atoms with Gasteiger partial charge in [0.05, 0.1) is 11.6 Å². The van der Waals surface area contributed by atoms with Gasteiger partial charge in [-0.3, -0.25) is 4.79 Å². The second-order valence-electron chi connectivity index (χ2n) is 1.70. The molecule has 0 aromatic carbocycles. The first-order chi connectivity index (χ1) is 4.75. The van der Waals surface area contributed by atoms with Crippen LogP contribution in [0.3, 0.4) is 0 Å². The van der Waals surface area contributed by atoms with Crippen LogP contribution in [0.25, 0.3) is 0 Å². The molecule has 0 saturated heterocycles. The van der Waals surface area contributed by atoms with Gasteiger partial charge in [0.15, 0.2) is 5.75 Å². The van der Waals surface area contributed by atoms with Crippen molar-refractivity contribution in [3.63, 3.8) is 0 Å². The average molecular weight is 204 g/mol. The van der Waals surface area contributed by atoms with Gasteiger partial charge in [0, 0.05) is 12.4 Å². The van der Waals surface area contributed by atoms with E-state index in [0.29, 0.717) is 10.2 Å². The lowest BCUT2D eigenvalue weighted by Crippen LogP contribution is -2.05. The van der Waals surface area contributed by atoms with Crippen molar-refractivity contribution in [1.82, 2.24) is 4.98 Å². The molecule has 0 bridgehead atoms. The number of aromatic amines is 1. The maximum absolute atomic E-state index is 11.0. The number of halogens is 1. The highest BCUT2D eigenvalue weighted by Crippen LogP contribution is 2.05. The predicted molar refractivity (Wildman–Crippen MR) is 41.3 cm³/mol. The van der Waals surface area contributed by atoms with Gasteiger partial charge >= 0.3 is 0 Å². The summed E-state index contributed by atoms with van der Waals surface area (Å²) in [4.78, 5) is 13.8. The maximum atomic E-state index is 11.0. The molecule has 1 heterocycles. The average Bonchev–Trinajstić information content (AvgIpc) is 1.95. The summed E-state index contributed by atoms with van der Waals surface area (Å²) in [5.41, 5.74) is -0.138. The Bertz CT molecular complexity index is 281. The molecule has 10 heavy (non-hydrogen) atoms. The lowest BCUT2D eigenvalue weighted by Gasteiger charge is -1.96. The van der Waals surface area contributed by atoms with Crippen molar-refractivity contribution in [2.45, 2.75) is 0 Å². The molecule has 3 nitrogen and oxygen atoms in total. The molecule has 0 amide bonds. The molecule has 0 fully saturated rings. The van der Waals surface area contributed by atoms with E-state index >= 15 is 0 Å². The molecule has 0 aliphatic heterocycles. The first kappa shape index (κ1) is 7.34. The third kappa shape index (κ3) is 1.21. The second kappa shape index (κ2) is 2.88. The zero-order chi connectivity index (χ0) is 7.56. The number of methoxy groups -OCH3 is 1. The highest BCUT2D eigenvalue weighted by molar-refractivity contribution is 9.10. The third-order valence-electron chi connectivity index (χ3n) is 1.09. The van der Waals surface area contributed by atoms with Crippen molar-refractivity contribution < 1.29 is 4.74 Å². The van der Waals surface area contributed by atoms with Crippen LogP contribution in [-0.4, -0.2) is 12.1 Å². The maximum Gasteiger partial charge on any atom is 0.237 e. The highest BCUT2D eigenvalue weighted by atomic mass is 79.9. The molecular weight excluding hydrogens is 198 g/mol. The van der Waals surface area contributed by atoms with Crippen LogP contribution in [0.15, 0.2) is 21.7 Å². The zero-order valence-electron chi connectivity index (χ0n) is 5.35. The van der Waals surface area contributed by atoms with Crippen LogP contribution in [0.5, 0.6) is 5.75 Å². The van der Waals surface area contributed by atoms with Crippen LogP contribution in [0.4, 0.5) is 0 Å². The first-order valence-corrected chi connectivity index (χ1v) is 3.45. The van der Waals surface area contributed by atoms with Crippen LogP contribution in [-0.2, 0) is 0 Å². The fourth-order valence-electron chi connectivity index (χ4n) is 0.591. The Morgan fingerprint density at radius 1 is 1.60 bits per heavy atom. The number of nitrogens with one attached hydrogen (secondary N) is 1. The molecule has 1 rings (SSSR count). The van der Waals surface area contributed by atoms with Crippen molar-refractivity contribution in [3.8, 4) is 5.75 Å². The van der Waals surface area contributed by atoms with Gasteiger partial charge < -0.3 is 9.72 Å². The van der Waals surface area contributed by atoms with Crippen molar-refractivity contribution >= 4 is 15.9 Å². The molecule has 0 atom stereocenters. The molecule has 1 aromatic heterocycles. The summed E-state index contributed by atoms with van der Waals surface area (Å²) < 4.78 is 5.23. The van der Waals surface area contributed by atoms with Crippen molar-refractivity contribution in [1.29, 1.82) is 0 Å². The number of pyridine rings is 1. The Morgan fingerprint density at radius 3 is 2.80 bits per heavy atom. The molecule has 4 heteroatoms. The van der Waals surface area contributed by atoms with Crippen LogP contribution in [0, 0.1) is 0 Å². The molecule has 0 unspecified atom stereocenters. The van der Waals surface area contributed by atoms with Crippen LogP contribution < -0.4 is 10.2 Å². The molecular formula is C6H6BrNO2. The van der Waals surface area contributed by atoms with Gasteiger partial charge in [0.25, 0.3) is 0 Å². The fraction of sp³-hybridized carbons (Fsp3) is 0.167. The fourth-order valence-corrected chi connectivity index (χ4v) is 0.918. The molecule has 0 spiro atoms. The van der Waals surface area contributed by atoms with Gasteiger partial charge in [0.1, 0.15) is 0 Å². The Kier molecular flexibility index (Phi) is 2.11. The van der Waals surface area contributed by atoms with Crippen LogP contribution in [0.1, 0.15) is 0 Å². The lowest BCUT2D eigenvalue weighted by atomic mass is 10.4. The van der Waals surface area contributed by atoms with E-state index in [9.17, 15) is 4.79 Å². The Balaban J connectivity index is 3.28. The van der Waals surface area contributed by atoms with E-state index in [4.69, 9.17) is 4.74 Å². The zero-order valence-corrected chi connectivity index (χ0v) is 6.94. The number of rotatable bonds is 1. The molecule has 0 aliphatic carbocycles. The quantitative estimate of drug-likeness (QED) is 0.745. The third-order valence-corrected chi connectivity index (χ3v) is 1.67.